The van der Waals surface area contributed by atoms with Gasteiger partial charge in [0.2, 0.25) is 0 Å². The maximum absolute atomic E-state index is 12.3. The highest BCUT2D eigenvalue weighted by Crippen LogP contribution is 2.43. The van der Waals surface area contributed by atoms with Gasteiger partial charge in [-0.05, 0) is 30.5 Å². The van der Waals surface area contributed by atoms with Gasteiger partial charge >= 0.3 is 0 Å². The van der Waals surface area contributed by atoms with Crippen LogP contribution in [-0.2, 0) is 16.8 Å². The lowest BCUT2D eigenvalue weighted by atomic mass is 9.84. The smallest absolute Gasteiger partial charge is 0.265 e. The van der Waals surface area contributed by atoms with Crippen LogP contribution in [-0.4, -0.2) is 16.0 Å². The SMILES string of the molecule is O=C1Nc2ccccc2C1(O)c1c[nH]c2c1CCC=C2. The van der Waals surface area contributed by atoms with Gasteiger partial charge in [-0.15, -0.1) is 0 Å². The highest BCUT2D eigenvalue weighted by atomic mass is 16.3. The molecule has 0 fully saturated rings. The molecule has 4 heteroatoms. The summed E-state index contributed by atoms with van der Waals surface area (Å²) in [6, 6.07) is 7.29. The number of hydrogen-bond acceptors (Lipinski definition) is 2. The quantitative estimate of drug-likeness (QED) is 0.740. The lowest BCUT2D eigenvalue weighted by Gasteiger charge is -2.22. The summed E-state index contributed by atoms with van der Waals surface area (Å²) in [4.78, 5) is 15.5. The van der Waals surface area contributed by atoms with E-state index in [0.29, 0.717) is 16.8 Å². The Hall–Kier alpha value is -2.33. The molecule has 4 nitrogen and oxygen atoms in total. The van der Waals surface area contributed by atoms with Crippen LogP contribution in [0, 0.1) is 0 Å². The summed E-state index contributed by atoms with van der Waals surface area (Å²) >= 11 is 0. The van der Waals surface area contributed by atoms with Crippen LogP contribution in [0.15, 0.2) is 36.5 Å². The molecule has 1 aromatic heterocycles. The Kier molecular flexibility index (Phi) is 2.20. The van der Waals surface area contributed by atoms with Crippen molar-refractivity contribution >= 4 is 17.7 Å². The van der Waals surface area contributed by atoms with Crippen LogP contribution in [0.3, 0.4) is 0 Å². The third-order valence-electron chi connectivity index (χ3n) is 4.15. The zero-order valence-electron chi connectivity index (χ0n) is 10.8. The maximum Gasteiger partial charge on any atom is 0.265 e. The van der Waals surface area contributed by atoms with Crippen LogP contribution in [0.1, 0.15) is 28.8 Å². The minimum atomic E-state index is -1.59. The average molecular weight is 266 g/mol. The van der Waals surface area contributed by atoms with E-state index in [4.69, 9.17) is 0 Å². The van der Waals surface area contributed by atoms with Gasteiger partial charge in [-0.2, -0.15) is 0 Å². The fraction of sp³-hybridized carbons (Fsp3) is 0.188. The molecule has 1 aliphatic carbocycles. The number of aromatic nitrogens is 1. The molecule has 0 radical (unpaired) electrons. The molecule has 2 aromatic rings. The van der Waals surface area contributed by atoms with Gasteiger partial charge in [0.1, 0.15) is 0 Å². The molecule has 3 N–H and O–H groups in total. The van der Waals surface area contributed by atoms with Crippen LogP contribution < -0.4 is 5.32 Å². The summed E-state index contributed by atoms with van der Waals surface area (Å²) < 4.78 is 0. The minimum Gasteiger partial charge on any atom is -0.372 e. The zero-order valence-corrected chi connectivity index (χ0v) is 10.8. The Morgan fingerprint density at radius 2 is 2.05 bits per heavy atom. The molecule has 0 saturated carbocycles. The van der Waals surface area contributed by atoms with Gasteiger partial charge in [-0.25, -0.2) is 0 Å². The van der Waals surface area contributed by atoms with E-state index >= 15 is 0 Å². The highest BCUT2D eigenvalue weighted by molar-refractivity contribution is 6.07. The van der Waals surface area contributed by atoms with Gasteiger partial charge in [0.05, 0.1) is 0 Å². The number of rotatable bonds is 1. The van der Waals surface area contributed by atoms with Crippen molar-refractivity contribution in [2.24, 2.45) is 0 Å². The molecule has 1 aliphatic heterocycles. The van der Waals surface area contributed by atoms with Crippen molar-refractivity contribution in [3.63, 3.8) is 0 Å². The Balaban J connectivity index is 1.95. The molecule has 1 aromatic carbocycles. The minimum absolute atomic E-state index is 0.380. The van der Waals surface area contributed by atoms with Crippen LogP contribution in [0.2, 0.25) is 0 Å². The normalized spacial score (nSPS) is 23.4. The predicted octanol–water partition coefficient (Wildman–Crippen LogP) is 2.16. The first-order chi connectivity index (χ1) is 9.71. The number of carbonyl (C=O) groups excluding carboxylic acids is 1. The first-order valence-corrected chi connectivity index (χ1v) is 6.72. The fourth-order valence-corrected chi connectivity index (χ4v) is 3.15. The number of hydrogen-bond donors (Lipinski definition) is 3. The zero-order chi connectivity index (χ0) is 13.7. The summed E-state index contributed by atoms with van der Waals surface area (Å²) in [5.74, 6) is -0.380. The van der Waals surface area contributed by atoms with E-state index in [1.54, 1.807) is 12.3 Å². The van der Waals surface area contributed by atoms with Gasteiger partial charge < -0.3 is 15.4 Å². The van der Waals surface area contributed by atoms with Crippen LogP contribution >= 0.6 is 0 Å². The van der Waals surface area contributed by atoms with Crippen LogP contribution in [0.4, 0.5) is 5.69 Å². The molecule has 100 valence electrons. The standard InChI is InChI=1S/C16H14N2O2/c19-15-16(20,11-6-2-4-8-14(11)18-15)12-9-17-13-7-3-1-5-10(12)13/h2-4,6-9,17,20H,1,5H2,(H,18,19). The van der Waals surface area contributed by atoms with E-state index in [2.05, 4.69) is 16.4 Å². The van der Waals surface area contributed by atoms with E-state index in [1.807, 2.05) is 24.3 Å². The topological polar surface area (TPSA) is 65.1 Å². The Morgan fingerprint density at radius 3 is 2.95 bits per heavy atom. The number of aliphatic hydroxyl groups is 1. The summed E-state index contributed by atoms with van der Waals surface area (Å²) in [5.41, 5.74) is 2.40. The molecule has 2 heterocycles. The molecule has 1 atom stereocenters. The third kappa shape index (κ3) is 1.31. The Labute approximate surface area is 116 Å². The molecule has 2 aliphatic rings. The van der Waals surface area contributed by atoms with Crippen molar-refractivity contribution in [3.05, 3.63) is 58.9 Å². The third-order valence-corrected chi connectivity index (χ3v) is 4.15. The second-order valence-electron chi connectivity index (χ2n) is 5.25. The van der Waals surface area contributed by atoms with Crippen molar-refractivity contribution in [3.8, 4) is 0 Å². The maximum atomic E-state index is 12.3. The number of fused-ring (bicyclic) bond motifs is 2. The van der Waals surface area contributed by atoms with Gasteiger partial charge in [-0.3, -0.25) is 4.79 Å². The van der Waals surface area contributed by atoms with Crippen LogP contribution in [0.25, 0.3) is 6.08 Å². The number of nitrogens with one attached hydrogen (secondary N) is 2. The van der Waals surface area contributed by atoms with E-state index in [-0.39, 0.29) is 5.91 Å². The van der Waals surface area contributed by atoms with E-state index in [9.17, 15) is 9.90 Å². The number of anilines is 1. The summed E-state index contributed by atoms with van der Waals surface area (Å²) in [6.45, 7) is 0. The van der Waals surface area contributed by atoms with Gasteiger partial charge in [0.25, 0.3) is 5.91 Å². The van der Waals surface area contributed by atoms with Crippen LogP contribution in [0.5, 0.6) is 0 Å². The fourth-order valence-electron chi connectivity index (χ4n) is 3.15. The second kappa shape index (κ2) is 3.84. The molecule has 0 spiro atoms. The molecule has 0 saturated heterocycles. The van der Waals surface area contributed by atoms with Gasteiger partial charge in [0, 0.05) is 28.7 Å². The molecule has 1 amide bonds. The van der Waals surface area contributed by atoms with Gasteiger partial charge in [0.15, 0.2) is 5.60 Å². The number of carbonyl (C=O) groups is 1. The van der Waals surface area contributed by atoms with Crippen molar-refractivity contribution < 1.29 is 9.90 Å². The average Bonchev–Trinajstić information content (AvgIpc) is 3.01. The molecule has 4 rings (SSSR count). The summed E-state index contributed by atoms with van der Waals surface area (Å²) in [7, 11) is 0. The molecular weight excluding hydrogens is 252 g/mol. The molecule has 0 bridgehead atoms. The van der Waals surface area contributed by atoms with Crippen molar-refractivity contribution in [1.29, 1.82) is 0 Å². The van der Waals surface area contributed by atoms with E-state index in [1.165, 1.54) is 0 Å². The number of aromatic amines is 1. The van der Waals surface area contributed by atoms with Crippen molar-refractivity contribution in [1.82, 2.24) is 4.98 Å². The first-order valence-electron chi connectivity index (χ1n) is 6.72. The van der Waals surface area contributed by atoms with Crippen molar-refractivity contribution in [2.45, 2.75) is 18.4 Å². The number of H-pyrrole nitrogens is 1. The number of para-hydroxylation sites is 1. The largest absolute Gasteiger partial charge is 0.372 e. The molecule has 1 unspecified atom stereocenters. The summed E-state index contributed by atoms with van der Waals surface area (Å²) in [5, 5.41) is 13.8. The van der Waals surface area contributed by atoms with Crippen molar-refractivity contribution in [2.75, 3.05) is 5.32 Å². The highest BCUT2D eigenvalue weighted by Gasteiger charge is 2.48. The first kappa shape index (κ1) is 11.5. The molecule has 20 heavy (non-hydrogen) atoms. The lowest BCUT2D eigenvalue weighted by Crippen LogP contribution is -2.36. The second-order valence-corrected chi connectivity index (χ2v) is 5.25. The summed E-state index contributed by atoms with van der Waals surface area (Å²) in [6.07, 6.45) is 7.61. The lowest BCUT2D eigenvalue weighted by molar-refractivity contribution is -0.129. The Bertz CT molecular complexity index is 745. The predicted molar refractivity (Wildman–Crippen MR) is 76.2 cm³/mol. The number of amides is 1. The number of benzene rings is 1. The van der Waals surface area contributed by atoms with E-state index < -0.39 is 5.60 Å². The number of allylic oxidation sites excluding steroid dienone is 1. The van der Waals surface area contributed by atoms with Gasteiger partial charge in [-0.1, -0.05) is 24.3 Å². The Morgan fingerprint density at radius 1 is 1.20 bits per heavy atom. The molecular formula is C16H14N2O2. The van der Waals surface area contributed by atoms with E-state index in [0.717, 1.165) is 24.1 Å². The monoisotopic (exact) mass is 266 g/mol.